The number of hydrogen-bond acceptors (Lipinski definition) is 3. The third-order valence-corrected chi connectivity index (χ3v) is 4.60. The molecule has 2 rings (SSSR count). The molecule has 0 bridgehead atoms. The van der Waals surface area contributed by atoms with Gasteiger partial charge in [0.2, 0.25) is 0 Å². The van der Waals surface area contributed by atoms with E-state index in [9.17, 15) is 0 Å². The van der Waals surface area contributed by atoms with Gasteiger partial charge in [-0.3, -0.25) is 0 Å². The highest BCUT2D eigenvalue weighted by molar-refractivity contribution is 7.07. The number of piperidine rings is 1. The first-order valence-electron chi connectivity index (χ1n) is 7.32. The van der Waals surface area contributed by atoms with Crippen molar-refractivity contribution in [2.45, 2.75) is 32.6 Å². The van der Waals surface area contributed by atoms with Gasteiger partial charge in [0.1, 0.15) is 0 Å². The molecule has 2 heterocycles. The molecular formula is C15H26N2S. The lowest BCUT2D eigenvalue weighted by atomic mass is 9.96. The number of rotatable bonds is 7. The van der Waals surface area contributed by atoms with Crippen LogP contribution < -0.4 is 5.32 Å². The average molecular weight is 266 g/mol. The fourth-order valence-corrected chi connectivity index (χ4v) is 3.32. The van der Waals surface area contributed by atoms with Crippen molar-refractivity contribution in [3.05, 3.63) is 22.4 Å². The Morgan fingerprint density at radius 2 is 2.22 bits per heavy atom. The minimum atomic E-state index is 0.911. The Morgan fingerprint density at radius 3 is 2.89 bits per heavy atom. The summed E-state index contributed by atoms with van der Waals surface area (Å²) in [7, 11) is 0. The molecule has 1 aliphatic rings. The third-order valence-electron chi connectivity index (χ3n) is 3.86. The lowest BCUT2D eigenvalue weighted by Gasteiger charge is -2.32. The van der Waals surface area contributed by atoms with Crippen LogP contribution in [0, 0.1) is 5.92 Å². The van der Waals surface area contributed by atoms with Gasteiger partial charge < -0.3 is 10.2 Å². The van der Waals surface area contributed by atoms with Gasteiger partial charge in [-0.25, -0.2) is 0 Å². The first-order chi connectivity index (χ1) is 8.88. The van der Waals surface area contributed by atoms with Gasteiger partial charge in [0.05, 0.1) is 0 Å². The first kappa shape index (κ1) is 14.0. The van der Waals surface area contributed by atoms with E-state index >= 15 is 0 Å². The van der Waals surface area contributed by atoms with E-state index in [0.29, 0.717) is 0 Å². The van der Waals surface area contributed by atoms with Crippen molar-refractivity contribution < 1.29 is 0 Å². The number of nitrogens with zero attached hydrogens (tertiary/aromatic N) is 1. The summed E-state index contributed by atoms with van der Waals surface area (Å²) < 4.78 is 0. The summed E-state index contributed by atoms with van der Waals surface area (Å²) in [5, 5.41) is 8.02. The zero-order valence-corrected chi connectivity index (χ0v) is 12.3. The van der Waals surface area contributed by atoms with Gasteiger partial charge in [0.25, 0.3) is 0 Å². The number of nitrogens with one attached hydrogen (secondary N) is 1. The predicted octanol–water partition coefficient (Wildman–Crippen LogP) is 3.00. The molecule has 0 spiro atoms. The fraction of sp³-hybridized carbons (Fsp3) is 0.733. The molecular weight excluding hydrogens is 240 g/mol. The monoisotopic (exact) mass is 266 g/mol. The summed E-state index contributed by atoms with van der Waals surface area (Å²) >= 11 is 1.81. The standard InChI is InChI=1S/C15H26N2S/c1-2-7-16-12-14-3-8-17(9-4-14)10-5-15-6-11-18-13-15/h6,11,13-14,16H,2-5,7-10,12H2,1H3. The third kappa shape index (κ3) is 4.71. The molecule has 0 amide bonds. The van der Waals surface area contributed by atoms with E-state index in [0.717, 1.165) is 5.92 Å². The van der Waals surface area contributed by atoms with Crippen molar-refractivity contribution in [3.63, 3.8) is 0 Å². The summed E-state index contributed by atoms with van der Waals surface area (Å²) in [6.07, 6.45) is 5.22. The molecule has 1 saturated heterocycles. The van der Waals surface area contributed by atoms with E-state index in [1.807, 2.05) is 11.3 Å². The Kier molecular flexibility index (Phi) is 6.18. The molecule has 0 atom stereocenters. The van der Waals surface area contributed by atoms with Crippen molar-refractivity contribution in [3.8, 4) is 0 Å². The second-order valence-corrected chi connectivity index (χ2v) is 6.15. The van der Waals surface area contributed by atoms with E-state index in [1.54, 1.807) is 0 Å². The normalized spacial score (nSPS) is 18.3. The minimum absolute atomic E-state index is 0.911. The van der Waals surface area contributed by atoms with E-state index in [1.165, 1.54) is 64.0 Å². The Morgan fingerprint density at radius 1 is 1.39 bits per heavy atom. The quantitative estimate of drug-likeness (QED) is 0.763. The average Bonchev–Trinajstić information content (AvgIpc) is 2.91. The Bertz CT molecular complexity index is 302. The Balaban J connectivity index is 1.58. The van der Waals surface area contributed by atoms with Crippen molar-refractivity contribution in [1.29, 1.82) is 0 Å². The largest absolute Gasteiger partial charge is 0.316 e. The second-order valence-electron chi connectivity index (χ2n) is 5.37. The molecule has 0 saturated carbocycles. The van der Waals surface area contributed by atoms with E-state index in [4.69, 9.17) is 0 Å². The van der Waals surface area contributed by atoms with Crippen LogP contribution in [0.1, 0.15) is 31.7 Å². The smallest absolute Gasteiger partial charge is 0.00221 e. The molecule has 1 aliphatic heterocycles. The van der Waals surface area contributed by atoms with E-state index < -0.39 is 0 Å². The molecule has 18 heavy (non-hydrogen) atoms. The molecule has 1 aromatic heterocycles. The number of likely N-dealkylation sites (tertiary alicyclic amines) is 1. The SMILES string of the molecule is CCCNCC1CCN(CCc2ccsc2)CC1. The highest BCUT2D eigenvalue weighted by Crippen LogP contribution is 2.17. The van der Waals surface area contributed by atoms with E-state index in [-0.39, 0.29) is 0 Å². The minimum Gasteiger partial charge on any atom is -0.316 e. The van der Waals surface area contributed by atoms with Gasteiger partial charge in [-0.05, 0) is 80.2 Å². The van der Waals surface area contributed by atoms with Gasteiger partial charge in [-0.15, -0.1) is 0 Å². The summed E-state index contributed by atoms with van der Waals surface area (Å²) in [6.45, 7) is 8.47. The van der Waals surface area contributed by atoms with E-state index in [2.05, 4.69) is 34.0 Å². The maximum absolute atomic E-state index is 3.56. The number of hydrogen-bond donors (Lipinski definition) is 1. The maximum atomic E-state index is 3.56. The molecule has 0 aromatic carbocycles. The second kappa shape index (κ2) is 7.93. The zero-order chi connectivity index (χ0) is 12.6. The predicted molar refractivity (Wildman–Crippen MR) is 80.3 cm³/mol. The summed E-state index contributed by atoms with van der Waals surface area (Å²) in [6, 6.07) is 2.26. The van der Waals surface area contributed by atoms with Crippen molar-refractivity contribution in [2.24, 2.45) is 5.92 Å². The molecule has 3 heteroatoms. The number of thiophene rings is 1. The maximum Gasteiger partial charge on any atom is 0.00221 e. The topological polar surface area (TPSA) is 15.3 Å². The van der Waals surface area contributed by atoms with Gasteiger partial charge in [0, 0.05) is 6.54 Å². The molecule has 102 valence electrons. The molecule has 2 nitrogen and oxygen atoms in total. The van der Waals surface area contributed by atoms with Crippen LogP contribution >= 0.6 is 11.3 Å². The van der Waals surface area contributed by atoms with Crippen LogP contribution in [-0.4, -0.2) is 37.6 Å². The molecule has 1 N–H and O–H groups in total. The molecule has 1 fully saturated rings. The molecule has 0 unspecified atom stereocenters. The van der Waals surface area contributed by atoms with Crippen LogP contribution in [0.5, 0.6) is 0 Å². The van der Waals surface area contributed by atoms with Crippen LogP contribution in [0.4, 0.5) is 0 Å². The van der Waals surface area contributed by atoms with Gasteiger partial charge in [-0.2, -0.15) is 11.3 Å². The summed E-state index contributed by atoms with van der Waals surface area (Å²) in [5.41, 5.74) is 1.51. The molecule has 0 radical (unpaired) electrons. The Hall–Kier alpha value is -0.380. The lowest BCUT2D eigenvalue weighted by Crippen LogP contribution is -2.38. The highest BCUT2D eigenvalue weighted by Gasteiger charge is 2.18. The van der Waals surface area contributed by atoms with Crippen LogP contribution in [0.2, 0.25) is 0 Å². The molecule has 1 aromatic rings. The van der Waals surface area contributed by atoms with Crippen molar-refractivity contribution in [2.75, 3.05) is 32.7 Å². The van der Waals surface area contributed by atoms with Gasteiger partial charge in [0.15, 0.2) is 0 Å². The van der Waals surface area contributed by atoms with Crippen LogP contribution in [-0.2, 0) is 6.42 Å². The van der Waals surface area contributed by atoms with Crippen LogP contribution in [0.25, 0.3) is 0 Å². The van der Waals surface area contributed by atoms with Gasteiger partial charge in [-0.1, -0.05) is 6.92 Å². The van der Waals surface area contributed by atoms with Crippen molar-refractivity contribution >= 4 is 11.3 Å². The lowest BCUT2D eigenvalue weighted by molar-refractivity contribution is 0.184. The van der Waals surface area contributed by atoms with Crippen LogP contribution in [0.15, 0.2) is 16.8 Å². The van der Waals surface area contributed by atoms with Crippen molar-refractivity contribution in [1.82, 2.24) is 10.2 Å². The van der Waals surface area contributed by atoms with Crippen LogP contribution in [0.3, 0.4) is 0 Å². The zero-order valence-electron chi connectivity index (χ0n) is 11.5. The first-order valence-corrected chi connectivity index (χ1v) is 8.27. The molecule has 0 aliphatic carbocycles. The Labute approximate surface area is 115 Å². The van der Waals surface area contributed by atoms with Gasteiger partial charge >= 0.3 is 0 Å². The fourth-order valence-electron chi connectivity index (χ4n) is 2.62. The summed E-state index contributed by atoms with van der Waals surface area (Å²) in [4.78, 5) is 2.63. The highest BCUT2D eigenvalue weighted by atomic mass is 32.1. The summed E-state index contributed by atoms with van der Waals surface area (Å²) in [5.74, 6) is 0.911.